The van der Waals surface area contributed by atoms with Crippen LogP contribution in [0.15, 0.2) is 18.2 Å². The molecule has 0 bridgehead atoms. The summed E-state index contributed by atoms with van der Waals surface area (Å²) in [6.07, 6.45) is 4.69. The van der Waals surface area contributed by atoms with E-state index in [9.17, 15) is 0 Å². The molecule has 7 heteroatoms. The summed E-state index contributed by atoms with van der Waals surface area (Å²) in [6, 6.07) is 6.13. The molecule has 0 N–H and O–H groups in total. The van der Waals surface area contributed by atoms with Crippen molar-refractivity contribution in [3.05, 3.63) is 40.4 Å². The summed E-state index contributed by atoms with van der Waals surface area (Å²) in [5, 5.41) is 9.94. The number of benzene rings is 1. The average molecular weight is 405 g/mol. The first-order valence-corrected chi connectivity index (χ1v) is 10.5. The molecule has 0 unspecified atom stereocenters. The molecule has 4 rings (SSSR count). The van der Waals surface area contributed by atoms with E-state index in [4.69, 9.17) is 21.1 Å². The minimum atomic E-state index is 0.142. The fourth-order valence-electron chi connectivity index (χ4n) is 4.51. The first-order valence-electron chi connectivity index (χ1n) is 10.1. The maximum atomic E-state index is 6.27. The highest BCUT2D eigenvalue weighted by atomic mass is 35.5. The fraction of sp³-hybridized carbons (Fsp3) is 0.619. The van der Waals surface area contributed by atoms with Crippen LogP contribution in [0.1, 0.15) is 55.7 Å². The van der Waals surface area contributed by atoms with E-state index in [1.165, 1.54) is 5.56 Å². The van der Waals surface area contributed by atoms with Crippen LogP contribution in [0.3, 0.4) is 0 Å². The van der Waals surface area contributed by atoms with Crippen LogP contribution >= 0.6 is 11.6 Å². The Morgan fingerprint density at radius 2 is 1.96 bits per heavy atom. The second-order valence-electron chi connectivity index (χ2n) is 8.13. The zero-order chi connectivity index (χ0) is 19.7. The predicted octanol–water partition coefficient (Wildman–Crippen LogP) is 3.94. The highest BCUT2D eigenvalue weighted by Crippen LogP contribution is 2.36. The SMILES string of the molecule is COC[C@H](C)OC1CCC(c2nnc3n2-c2ccc(Cl)cc2CN(C)C3)CC1. The normalized spacial score (nSPS) is 23.7. The second kappa shape index (κ2) is 8.49. The molecule has 0 radical (unpaired) electrons. The molecule has 2 aliphatic rings. The van der Waals surface area contributed by atoms with Crippen LogP contribution in [0.2, 0.25) is 5.02 Å². The Morgan fingerprint density at radius 3 is 2.71 bits per heavy atom. The van der Waals surface area contributed by atoms with E-state index in [0.29, 0.717) is 18.6 Å². The summed E-state index contributed by atoms with van der Waals surface area (Å²) >= 11 is 6.27. The minimum Gasteiger partial charge on any atom is -0.382 e. The molecule has 1 aliphatic heterocycles. The smallest absolute Gasteiger partial charge is 0.151 e. The van der Waals surface area contributed by atoms with E-state index in [2.05, 4.69) is 45.8 Å². The number of nitrogens with zero attached hydrogens (tertiary/aromatic N) is 4. The van der Waals surface area contributed by atoms with E-state index < -0.39 is 0 Å². The number of ether oxygens (including phenoxy) is 2. The van der Waals surface area contributed by atoms with Gasteiger partial charge in [-0.1, -0.05) is 11.6 Å². The standard InChI is InChI=1S/C21H29ClN4O2/c1-14(13-27-3)28-18-7-4-15(5-8-18)21-24-23-20-12-25(2)11-16-10-17(22)6-9-19(16)26(20)21/h6,9-10,14-15,18H,4-5,7-8,11-13H2,1-3H3/t14-,15?,18?/m0/s1. The van der Waals surface area contributed by atoms with Crippen molar-refractivity contribution in [2.24, 2.45) is 0 Å². The first kappa shape index (κ1) is 19.8. The first-order chi connectivity index (χ1) is 13.5. The third-order valence-electron chi connectivity index (χ3n) is 5.75. The quantitative estimate of drug-likeness (QED) is 0.755. The molecule has 152 valence electrons. The summed E-state index contributed by atoms with van der Waals surface area (Å²) < 4.78 is 13.6. The third kappa shape index (κ3) is 4.10. The fourth-order valence-corrected chi connectivity index (χ4v) is 4.70. The molecule has 0 saturated heterocycles. The van der Waals surface area contributed by atoms with Crippen LogP contribution in [-0.2, 0) is 22.6 Å². The van der Waals surface area contributed by atoms with Gasteiger partial charge in [0.05, 0.1) is 31.0 Å². The largest absolute Gasteiger partial charge is 0.382 e. The highest BCUT2D eigenvalue weighted by molar-refractivity contribution is 6.30. The van der Waals surface area contributed by atoms with Gasteiger partial charge in [0.15, 0.2) is 5.82 Å². The lowest BCUT2D eigenvalue weighted by atomic mass is 9.86. The highest BCUT2D eigenvalue weighted by Gasteiger charge is 2.30. The predicted molar refractivity (Wildman–Crippen MR) is 109 cm³/mol. The number of rotatable bonds is 5. The molecule has 1 fully saturated rings. The van der Waals surface area contributed by atoms with E-state index in [-0.39, 0.29) is 6.10 Å². The van der Waals surface area contributed by atoms with Crippen molar-refractivity contribution in [3.63, 3.8) is 0 Å². The van der Waals surface area contributed by atoms with Crippen LogP contribution in [-0.4, -0.2) is 52.6 Å². The van der Waals surface area contributed by atoms with Gasteiger partial charge in [0, 0.05) is 24.6 Å². The van der Waals surface area contributed by atoms with Gasteiger partial charge >= 0.3 is 0 Å². The Bertz CT molecular complexity index is 817. The van der Waals surface area contributed by atoms with Crippen LogP contribution in [0, 0.1) is 0 Å². The summed E-state index contributed by atoms with van der Waals surface area (Å²) in [4.78, 5) is 2.26. The molecule has 1 atom stereocenters. The van der Waals surface area contributed by atoms with Gasteiger partial charge < -0.3 is 9.47 Å². The molecule has 1 saturated carbocycles. The van der Waals surface area contributed by atoms with Crippen LogP contribution in [0.4, 0.5) is 0 Å². The zero-order valence-corrected chi connectivity index (χ0v) is 17.7. The lowest BCUT2D eigenvalue weighted by Gasteiger charge is -2.30. The molecule has 2 heterocycles. The summed E-state index contributed by atoms with van der Waals surface area (Å²) in [5.41, 5.74) is 2.39. The molecule has 1 aliphatic carbocycles. The van der Waals surface area contributed by atoms with Crippen LogP contribution < -0.4 is 0 Å². The van der Waals surface area contributed by atoms with Crippen molar-refractivity contribution in [1.82, 2.24) is 19.7 Å². The van der Waals surface area contributed by atoms with Gasteiger partial charge in [0.2, 0.25) is 0 Å². The van der Waals surface area contributed by atoms with Gasteiger partial charge in [-0.2, -0.15) is 0 Å². The maximum Gasteiger partial charge on any atom is 0.151 e. The second-order valence-corrected chi connectivity index (χ2v) is 8.57. The van der Waals surface area contributed by atoms with Gasteiger partial charge in [-0.3, -0.25) is 9.47 Å². The Labute approximate surface area is 171 Å². The van der Waals surface area contributed by atoms with Gasteiger partial charge in [0.25, 0.3) is 0 Å². The van der Waals surface area contributed by atoms with E-state index in [1.807, 2.05) is 6.07 Å². The Hall–Kier alpha value is -1.47. The minimum absolute atomic E-state index is 0.142. The Balaban J connectivity index is 1.55. The summed E-state index contributed by atoms with van der Waals surface area (Å²) in [6.45, 7) is 4.36. The molecule has 0 amide bonds. The molecular weight excluding hydrogens is 376 g/mol. The van der Waals surface area contributed by atoms with E-state index >= 15 is 0 Å². The van der Waals surface area contributed by atoms with Crippen molar-refractivity contribution in [2.75, 3.05) is 20.8 Å². The zero-order valence-electron chi connectivity index (χ0n) is 16.9. The van der Waals surface area contributed by atoms with E-state index in [0.717, 1.165) is 61.1 Å². The molecule has 1 aromatic heterocycles. The van der Waals surface area contributed by atoms with Crippen molar-refractivity contribution in [3.8, 4) is 5.69 Å². The number of aromatic nitrogens is 3. The molecule has 2 aromatic rings. The summed E-state index contributed by atoms with van der Waals surface area (Å²) in [5.74, 6) is 2.49. The molecule has 28 heavy (non-hydrogen) atoms. The number of fused-ring (bicyclic) bond motifs is 3. The molecule has 6 nitrogen and oxygen atoms in total. The Morgan fingerprint density at radius 1 is 1.18 bits per heavy atom. The van der Waals surface area contributed by atoms with Crippen molar-refractivity contribution in [2.45, 2.75) is 63.8 Å². The summed E-state index contributed by atoms with van der Waals surface area (Å²) in [7, 11) is 3.83. The number of methoxy groups -OCH3 is 1. The lowest BCUT2D eigenvalue weighted by Crippen LogP contribution is -2.28. The average Bonchev–Trinajstić information content (AvgIpc) is 3.00. The monoisotopic (exact) mass is 404 g/mol. The van der Waals surface area contributed by atoms with Crippen LogP contribution in [0.25, 0.3) is 5.69 Å². The number of hydrogen-bond donors (Lipinski definition) is 0. The molecular formula is C21H29ClN4O2. The van der Waals surface area contributed by atoms with Gasteiger partial charge in [-0.15, -0.1) is 10.2 Å². The topological polar surface area (TPSA) is 52.4 Å². The number of halogens is 1. The van der Waals surface area contributed by atoms with Crippen LogP contribution in [0.5, 0.6) is 0 Å². The lowest BCUT2D eigenvalue weighted by molar-refractivity contribution is -0.0538. The maximum absolute atomic E-state index is 6.27. The molecule has 0 spiro atoms. The van der Waals surface area contributed by atoms with E-state index in [1.54, 1.807) is 7.11 Å². The van der Waals surface area contributed by atoms with Crippen molar-refractivity contribution < 1.29 is 9.47 Å². The third-order valence-corrected chi connectivity index (χ3v) is 5.99. The Kier molecular flexibility index (Phi) is 6.01. The number of hydrogen-bond acceptors (Lipinski definition) is 5. The molecule has 1 aromatic carbocycles. The van der Waals surface area contributed by atoms with Crippen molar-refractivity contribution >= 4 is 11.6 Å². The van der Waals surface area contributed by atoms with Gasteiger partial charge in [0.1, 0.15) is 5.82 Å². The van der Waals surface area contributed by atoms with Gasteiger partial charge in [-0.05, 0) is 63.4 Å². The van der Waals surface area contributed by atoms with Gasteiger partial charge in [-0.25, -0.2) is 0 Å². The van der Waals surface area contributed by atoms with Crippen molar-refractivity contribution in [1.29, 1.82) is 0 Å².